The number of rotatable bonds is 10. The molecule has 1 aliphatic rings. The van der Waals surface area contributed by atoms with E-state index in [9.17, 15) is 39.6 Å². The summed E-state index contributed by atoms with van der Waals surface area (Å²) in [6.45, 7) is 4.30. The average Bonchev–Trinajstić information content (AvgIpc) is 3.48. The number of carboxylic acids is 2. The summed E-state index contributed by atoms with van der Waals surface area (Å²) in [5.74, 6) is -6.12. The summed E-state index contributed by atoms with van der Waals surface area (Å²) < 4.78 is 93.1. The van der Waals surface area contributed by atoms with Crippen LogP contribution in [0.2, 0.25) is 0 Å². The maximum Gasteiger partial charge on any atom is 0.490 e. The fourth-order valence-corrected chi connectivity index (χ4v) is 5.71. The highest BCUT2D eigenvalue weighted by molar-refractivity contribution is 7.89. The molecule has 19 heteroatoms. The summed E-state index contributed by atoms with van der Waals surface area (Å²) in [5, 5.41) is 27.5. The number of carbonyl (C=O) groups excluding carboxylic acids is 1. The van der Waals surface area contributed by atoms with E-state index in [-0.39, 0.29) is 28.5 Å². The highest BCUT2D eigenvalue weighted by Gasteiger charge is 2.40. The molecule has 0 unspecified atom stereocenters. The number of alkyl halides is 6. The Morgan fingerprint density at radius 2 is 1.46 bits per heavy atom. The number of amidine groups is 1. The number of nitrogens with two attached hydrogens (primary N) is 2. The van der Waals surface area contributed by atoms with E-state index in [1.807, 2.05) is 42.5 Å². The second kappa shape index (κ2) is 18.5. The number of carbonyl (C=O) groups is 3. The molecule has 12 nitrogen and oxygen atoms in total. The van der Waals surface area contributed by atoms with Crippen LogP contribution >= 0.6 is 0 Å². The number of hydrogen-bond acceptors (Lipinski definition) is 8. The van der Waals surface area contributed by atoms with Crippen LogP contribution in [0.4, 0.5) is 26.3 Å². The van der Waals surface area contributed by atoms with Gasteiger partial charge in [0.2, 0.25) is 10.0 Å². The first-order valence-corrected chi connectivity index (χ1v) is 16.8. The summed E-state index contributed by atoms with van der Waals surface area (Å²) in [5.41, 5.74) is 9.67. The van der Waals surface area contributed by atoms with E-state index < -0.39 is 34.3 Å². The first-order valence-electron chi connectivity index (χ1n) is 15.2. The molecule has 7 N–H and O–H groups in total. The van der Waals surface area contributed by atoms with E-state index >= 15 is 0 Å². The predicted octanol–water partition coefficient (Wildman–Crippen LogP) is 5.11. The Morgan fingerprint density at radius 3 is 1.96 bits per heavy atom. The number of nitrogen functional groups attached to an aromatic ring is 1. The Labute approximate surface area is 294 Å². The average molecular weight is 763 g/mol. The van der Waals surface area contributed by atoms with Gasteiger partial charge < -0.3 is 20.7 Å². The van der Waals surface area contributed by atoms with Gasteiger partial charge in [-0.15, -0.1) is 0 Å². The van der Waals surface area contributed by atoms with E-state index in [4.69, 9.17) is 40.8 Å². The third-order valence-electron chi connectivity index (χ3n) is 7.42. The molecule has 0 aliphatic carbocycles. The lowest BCUT2D eigenvalue weighted by molar-refractivity contribution is -0.193. The molecule has 1 aliphatic heterocycles. The molecular formula is C33H36F6N4O8S. The molecule has 284 valence electrons. The van der Waals surface area contributed by atoms with Gasteiger partial charge in [0.05, 0.1) is 17.4 Å². The lowest BCUT2D eigenvalue weighted by Crippen LogP contribution is -2.25. The predicted molar refractivity (Wildman–Crippen MR) is 175 cm³/mol. The Morgan fingerprint density at radius 1 is 0.904 bits per heavy atom. The van der Waals surface area contributed by atoms with Crippen molar-refractivity contribution in [1.82, 2.24) is 4.90 Å². The maximum atomic E-state index is 13.1. The lowest BCUT2D eigenvalue weighted by Gasteiger charge is -2.18. The summed E-state index contributed by atoms with van der Waals surface area (Å²) in [7, 11) is -3.85. The molecule has 1 fully saturated rings. The minimum atomic E-state index is -5.08. The standard InChI is InChI=1S/C29H34N4O4S.2C2HF3O2/c1-2-3-15-37-29(34)26-19-33(18-25(26)22-7-6-8-23(16-22)28(30)31)17-20-11-13-21(14-12-20)24-9-4-5-10-27(24)38(32,35)36;2*3-2(4,5)1(6)7/h4-14,16,25-26H,2-3,15,17-19H2,1H3,(H3,30,31)(H2,32,35,36);2*(H,6,7)/t25-,26+;;/m0../s1. The number of hydrogen-bond donors (Lipinski definition) is 5. The van der Waals surface area contributed by atoms with E-state index in [1.54, 1.807) is 24.3 Å². The minimum Gasteiger partial charge on any atom is -0.475 e. The molecular weight excluding hydrogens is 726 g/mol. The van der Waals surface area contributed by atoms with Crippen molar-refractivity contribution in [1.29, 1.82) is 5.41 Å². The van der Waals surface area contributed by atoms with Crippen LogP contribution in [0.3, 0.4) is 0 Å². The van der Waals surface area contributed by atoms with E-state index in [0.717, 1.165) is 29.5 Å². The van der Waals surface area contributed by atoms with Crippen LogP contribution in [0.15, 0.2) is 77.7 Å². The number of sulfonamides is 1. The smallest absolute Gasteiger partial charge is 0.475 e. The third kappa shape index (κ3) is 13.3. The molecule has 1 saturated heterocycles. The number of likely N-dealkylation sites (tertiary alicyclic amines) is 1. The summed E-state index contributed by atoms with van der Waals surface area (Å²) in [6, 6.07) is 21.9. The van der Waals surface area contributed by atoms with Crippen LogP contribution < -0.4 is 10.9 Å². The molecule has 52 heavy (non-hydrogen) atoms. The van der Waals surface area contributed by atoms with Crippen molar-refractivity contribution in [2.24, 2.45) is 16.8 Å². The number of nitrogens with zero attached hydrogens (tertiary/aromatic N) is 1. The summed E-state index contributed by atoms with van der Waals surface area (Å²) in [6.07, 6.45) is -8.39. The zero-order chi connectivity index (χ0) is 39.4. The van der Waals surface area contributed by atoms with E-state index in [2.05, 4.69) is 11.8 Å². The molecule has 1 heterocycles. The van der Waals surface area contributed by atoms with Crippen LogP contribution in [-0.2, 0) is 35.7 Å². The Hall–Kier alpha value is -5.01. The lowest BCUT2D eigenvalue weighted by atomic mass is 9.88. The van der Waals surface area contributed by atoms with Gasteiger partial charge in [-0.2, -0.15) is 26.3 Å². The Balaban J connectivity index is 0.000000564. The number of nitrogens with one attached hydrogen (secondary N) is 1. The van der Waals surface area contributed by atoms with Crippen LogP contribution in [0, 0.1) is 11.3 Å². The number of esters is 1. The van der Waals surface area contributed by atoms with E-state index in [1.165, 1.54) is 6.07 Å². The van der Waals surface area contributed by atoms with Gasteiger partial charge in [-0.3, -0.25) is 15.1 Å². The third-order valence-corrected chi connectivity index (χ3v) is 8.38. The van der Waals surface area contributed by atoms with Gasteiger partial charge in [0.15, 0.2) is 0 Å². The number of carboxylic acid groups (broad SMARTS) is 2. The van der Waals surface area contributed by atoms with Crippen molar-refractivity contribution < 1.29 is 64.1 Å². The number of aliphatic carboxylic acids is 2. The number of ether oxygens (including phenoxy) is 1. The highest BCUT2D eigenvalue weighted by Crippen LogP contribution is 2.35. The second-order valence-corrected chi connectivity index (χ2v) is 12.8. The highest BCUT2D eigenvalue weighted by atomic mass is 32.2. The fourth-order valence-electron chi connectivity index (χ4n) is 4.95. The normalized spacial score (nSPS) is 16.1. The van der Waals surface area contributed by atoms with Gasteiger partial charge >= 0.3 is 30.3 Å². The second-order valence-electron chi connectivity index (χ2n) is 11.3. The number of benzene rings is 3. The van der Waals surface area contributed by atoms with Crippen molar-refractivity contribution in [3.05, 3.63) is 89.5 Å². The van der Waals surface area contributed by atoms with Crippen molar-refractivity contribution in [3.8, 4) is 11.1 Å². The Bertz CT molecular complexity index is 1800. The molecule has 0 saturated carbocycles. The molecule has 2 atom stereocenters. The number of primary sulfonamides is 1. The van der Waals surface area contributed by atoms with Crippen LogP contribution in [0.25, 0.3) is 11.1 Å². The van der Waals surface area contributed by atoms with Gasteiger partial charge in [-0.1, -0.05) is 74.0 Å². The van der Waals surface area contributed by atoms with Gasteiger partial charge in [-0.25, -0.2) is 23.1 Å². The van der Waals surface area contributed by atoms with E-state index in [0.29, 0.717) is 37.4 Å². The van der Waals surface area contributed by atoms with Crippen LogP contribution in [-0.4, -0.2) is 79.3 Å². The summed E-state index contributed by atoms with van der Waals surface area (Å²) >= 11 is 0. The minimum absolute atomic E-state index is 0.00660. The molecule has 0 radical (unpaired) electrons. The molecule has 0 amide bonds. The van der Waals surface area contributed by atoms with Crippen molar-refractivity contribution in [2.75, 3.05) is 19.7 Å². The number of halogens is 6. The van der Waals surface area contributed by atoms with Crippen molar-refractivity contribution >= 4 is 33.8 Å². The SMILES string of the molecule is CCCCOC(=O)[C@@H]1CN(Cc2ccc(-c3ccccc3S(N)(=O)=O)cc2)C[C@H]1c1cccc(C(=N)N)c1.O=C(O)C(F)(F)F.O=C(O)C(F)(F)F. The molecule has 0 spiro atoms. The first kappa shape index (κ1) is 43.2. The quantitative estimate of drug-likeness (QED) is 0.0605. The molecule has 0 bridgehead atoms. The zero-order valence-electron chi connectivity index (χ0n) is 27.4. The monoisotopic (exact) mass is 762 g/mol. The first-order chi connectivity index (χ1) is 24.1. The van der Waals surface area contributed by atoms with Crippen molar-refractivity contribution in [3.63, 3.8) is 0 Å². The number of unbranched alkanes of at least 4 members (excludes halogenated alkanes) is 1. The van der Waals surface area contributed by atoms with Gasteiger partial charge in [0.1, 0.15) is 5.84 Å². The van der Waals surface area contributed by atoms with Crippen LogP contribution in [0.1, 0.15) is 42.4 Å². The van der Waals surface area contributed by atoms with Gasteiger partial charge in [0, 0.05) is 36.7 Å². The Kier molecular flexibility index (Phi) is 15.3. The fraction of sp³-hybridized carbons (Fsp3) is 0.333. The summed E-state index contributed by atoms with van der Waals surface area (Å²) in [4.78, 5) is 33.2. The topological polar surface area (TPSA) is 214 Å². The molecule has 4 rings (SSSR count). The maximum absolute atomic E-state index is 13.1. The van der Waals surface area contributed by atoms with Crippen molar-refractivity contribution in [2.45, 2.75) is 49.5 Å². The molecule has 3 aromatic carbocycles. The largest absolute Gasteiger partial charge is 0.490 e. The van der Waals surface area contributed by atoms with Gasteiger partial charge in [0.25, 0.3) is 0 Å². The molecule has 3 aromatic rings. The molecule has 0 aromatic heterocycles. The zero-order valence-corrected chi connectivity index (χ0v) is 28.3. The van der Waals surface area contributed by atoms with Crippen LogP contribution in [0.5, 0.6) is 0 Å². The van der Waals surface area contributed by atoms with Gasteiger partial charge in [-0.05, 0) is 35.2 Å².